The number of carbonyl (C=O) groups excluding carboxylic acids is 14. The molecule has 0 bridgehead atoms. The second-order valence-corrected chi connectivity index (χ2v) is 29.8. The minimum Gasteiger partial charge on any atom is -0.480 e. The number of primary amides is 2. The molecule has 2 fully saturated rings. The van der Waals surface area contributed by atoms with Crippen LogP contribution < -0.4 is 76.1 Å². The van der Waals surface area contributed by atoms with Crippen molar-refractivity contribution in [1.82, 2.24) is 72.9 Å². The summed E-state index contributed by atoms with van der Waals surface area (Å²) in [5, 5.41) is 66.0. The summed E-state index contributed by atoms with van der Waals surface area (Å²) >= 11 is 1.08. The average molecular weight is 1560 g/mol. The lowest BCUT2D eigenvalue weighted by Crippen LogP contribution is -2.59. The minimum atomic E-state index is -2.18. The molecule has 0 saturated carbocycles. The van der Waals surface area contributed by atoms with Gasteiger partial charge in [-0.25, -0.2) is 9.59 Å². The highest BCUT2D eigenvalue weighted by atomic mass is 32.2. The standard InChI is InChI=1S/C34H47N9O11S.C34H47N9O10S/c1-4-16(3)28-31(50)38-11-26(46)39-23(30(49)40-22(10-25(36)45)33(51)43-13-17(44)8-24(43)34(52)53)14-55(54)32-19(18-6-5-15(2)7-21(18)41-32)9-20(35)29(48)37-12-27(47)42-28;1-4-16(3)28-31(50)38-11-26(46)39-23(30(49)40-22(10-25(36)45)33(51)43-13-17(44)8-24(43)34(52)53)14-54-32-19(18-6-5-15(2)7-21(18)41-32)9-20(35)29(48)37-12-27(47)42-28/h5-7,16-17,20,22-24,28,41,44H,4,8-14,35H2,1-3H3,(H2,36,45)(H,37,48)(H,38,50)(H,39,46)(H,40,49)(H,42,47)(H,52,53);5-7,16-17,20,22-24,28,41,44H,4,8-14,35H2,1-3H3,(H2,36,45)(H,37,48)(H,38,50)(H,39,46)(H,40,49)(H,42,47)(H,52,53)/t16-,17+,20-,22-,23-,24-,28-,55?;16-,17+,20-,22-,23-,24-,28-/m00/s1. The van der Waals surface area contributed by atoms with Crippen LogP contribution in [0.3, 0.4) is 0 Å². The van der Waals surface area contributed by atoms with E-state index >= 15 is 0 Å². The number of aromatic amines is 2. The maximum absolute atomic E-state index is 14.2. The third-order valence-corrected chi connectivity index (χ3v) is 21.4. The van der Waals surface area contributed by atoms with Crippen molar-refractivity contribution in [2.75, 3.05) is 50.8 Å². The first-order valence-electron chi connectivity index (χ1n) is 35.0. The van der Waals surface area contributed by atoms with Gasteiger partial charge in [-0.2, -0.15) is 0 Å². The normalized spacial score (nSPS) is 25.0. The van der Waals surface area contributed by atoms with Gasteiger partial charge in [-0.15, -0.1) is 11.8 Å². The molecule has 594 valence electrons. The van der Waals surface area contributed by atoms with E-state index in [9.17, 15) is 101 Å². The number of aliphatic carboxylic acids is 2. The number of benzene rings is 2. The molecule has 1 unspecified atom stereocenters. The highest BCUT2D eigenvalue weighted by Gasteiger charge is 2.45. The molecule has 2 saturated heterocycles. The van der Waals surface area contributed by atoms with E-state index in [-0.39, 0.29) is 48.9 Å². The van der Waals surface area contributed by atoms with E-state index in [0.717, 1.165) is 38.1 Å². The van der Waals surface area contributed by atoms with Crippen molar-refractivity contribution >= 4 is 139 Å². The number of aliphatic hydroxyl groups is 2. The highest BCUT2D eigenvalue weighted by Crippen LogP contribution is 2.33. The molecule has 41 heteroatoms. The maximum Gasteiger partial charge on any atom is 0.326 e. The zero-order valence-corrected chi connectivity index (χ0v) is 62.2. The number of aliphatic hydroxyl groups excluding tert-OH is 2. The number of H-pyrrole nitrogens is 2. The van der Waals surface area contributed by atoms with Gasteiger partial charge in [0.1, 0.15) is 53.4 Å². The molecular weight excluding hydrogens is 1470 g/mol. The number of amides is 14. The first kappa shape index (κ1) is 85.6. The van der Waals surface area contributed by atoms with Crippen LogP contribution in [0.4, 0.5) is 0 Å². The Balaban J connectivity index is 0.000000303. The smallest absolute Gasteiger partial charge is 0.326 e. The number of thioether (sulfide) groups is 1. The van der Waals surface area contributed by atoms with E-state index in [0.29, 0.717) is 45.4 Å². The van der Waals surface area contributed by atoms with Gasteiger partial charge in [0.05, 0.1) is 84.9 Å². The number of aromatic nitrogens is 2. The number of fused-ring (bicyclic) bond motifs is 6. The summed E-state index contributed by atoms with van der Waals surface area (Å²) in [5.41, 5.74) is 27.3. The molecule has 6 heterocycles. The number of β-amino-alcohol motifs (C(OH)–C–C–N with tert-alkyl or cyclic N) is 2. The Bertz CT molecular complexity index is 4210. The van der Waals surface area contributed by atoms with E-state index in [1.807, 2.05) is 32.0 Å². The molecule has 2 aromatic carbocycles. The number of aryl methyl sites for hydroxylation is 2. The van der Waals surface area contributed by atoms with Crippen LogP contribution >= 0.6 is 11.8 Å². The van der Waals surface area contributed by atoms with Crippen LogP contribution in [-0.4, -0.2) is 262 Å². The number of carboxylic acids is 2. The van der Waals surface area contributed by atoms with Crippen molar-refractivity contribution in [3.63, 3.8) is 0 Å². The number of nitrogens with one attached hydrogen (secondary N) is 12. The second kappa shape index (κ2) is 38.5. The van der Waals surface area contributed by atoms with E-state index in [1.165, 1.54) is 0 Å². The van der Waals surface area contributed by atoms with Gasteiger partial charge in [0.15, 0.2) is 0 Å². The molecule has 8 rings (SSSR count). The molecule has 109 heavy (non-hydrogen) atoms. The first-order chi connectivity index (χ1) is 51.4. The Labute approximate surface area is 630 Å². The Kier molecular flexibility index (Phi) is 30.2. The third-order valence-electron chi connectivity index (χ3n) is 18.9. The fourth-order valence-electron chi connectivity index (χ4n) is 12.6. The van der Waals surface area contributed by atoms with Crippen molar-refractivity contribution in [1.29, 1.82) is 0 Å². The molecule has 0 aliphatic carbocycles. The van der Waals surface area contributed by atoms with Gasteiger partial charge in [-0.05, 0) is 72.9 Å². The zero-order chi connectivity index (χ0) is 80.6. The van der Waals surface area contributed by atoms with Crippen LogP contribution in [0.1, 0.15) is 88.5 Å². The zero-order valence-electron chi connectivity index (χ0n) is 60.6. The molecule has 15 atom stereocenters. The van der Waals surface area contributed by atoms with Crippen molar-refractivity contribution < 1.29 is 101 Å². The minimum absolute atomic E-state index is 0.00157. The Hall–Kier alpha value is -10.6. The monoisotopic (exact) mass is 1560 g/mol. The Morgan fingerprint density at radius 1 is 0.569 bits per heavy atom. The van der Waals surface area contributed by atoms with Crippen LogP contribution in [0.15, 0.2) is 46.5 Å². The molecule has 2 aromatic heterocycles. The number of nitrogens with zero attached hydrogens (tertiary/aromatic N) is 2. The first-order valence-corrected chi connectivity index (χ1v) is 37.3. The van der Waals surface area contributed by atoms with Gasteiger partial charge < -0.3 is 116 Å². The Morgan fingerprint density at radius 2 is 0.954 bits per heavy atom. The van der Waals surface area contributed by atoms with Crippen LogP contribution in [0, 0.1) is 25.7 Å². The van der Waals surface area contributed by atoms with Crippen LogP contribution in [-0.2, 0) is 100 Å². The van der Waals surface area contributed by atoms with Gasteiger partial charge in [0, 0.05) is 53.5 Å². The van der Waals surface area contributed by atoms with E-state index in [1.54, 1.807) is 45.9 Å². The number of hydrogen-bond donors (Lipinski definition) is 20. The molecule has 4 aromatic rings. The predicted molar refractivity (Wildman–Crippen MR) is 389 cm³/mol. The van der Waals surface area contributed by atoms with Crippen molar-refractivity contribution in [2.24, 2.45) is 34.8 Å². The molecule has 4 aliphatic rings. The molecule has 39 nitrogen and oxygen atoms in total. The lowest BCUT2D eigenvalue weighted by atomic mass is 9.98. The van der Waals surface area contributed by atoms with Crippen LogP contribution in [0.5, 0.6) is 0 Å². The van der Waals surface area contributed by atoms with Crippen molar-refractivity contribution in [3.8, 4) is 0 Å². The quantitative estimate of drug-likeness (QED) is 0.0496. The number of hydrogen-bond acceptors (Lipinski definition) is 22. The fraction of sp³-hybridized carbons (Fsp3) is 0.529. The lowest BCUT2D eigenvalue weighted by molar-refractivity contribution is -0.150. The summed E-state index contributed by atoms with van der Waals surface area (Å²) in [4.78, 5) is 215. The van der Waals surface area contributed by atoms with Crippen molar-refractivity contribution in [2.45, 2.75) is 176 Å². The average Bonchev–Trinajstić information content (AvgIpc) is 1.59. The van der Waals surface area contributed by atoms with Crippen molar-refractivity contribution in [3.05, 3.63) is 58.7 Å². The number of likely N-dealkylation sites (tertiary alicyclic amines) is 2. The molecule has 24 N–H and O–H groups in total. The van der Waals surface area contributed by atoms with Gasteiger partial charge in [0.25, 0.3) is 0 Å². The molecule has 0 spiro atoms. The van der Waals surface area contributed by atoms with Gasteiger partial charge >= 0.3 is 11.9 Å². The van der Waals surface area contributed by atoms with Crippen LogP contribution in [0.25, 0.3) is 21.8 Å². The van der Waals surface area contributed by atoms with Gasteiger partial charge in [0.2, 0.25) is 82.7 Å². The molecule has 14 amide bonds. The second-order valence-electron chi connectivity index (χ2n) is 27.3. The van der Waals surface area contributed by atoms with Gasteiger partial charge in [-0.1, -0.05) is 64.8 Å². The number of rotatable bonds is 16. The predicted octanol–water partition coefficient (Wildman–Crippen LogP) is -6.77. The summed E-state index contributed by atoms with van der Waals surface area (Å²) in [5.74, 6) is -16.5. The van der Waals surface area contributed by atoms with E-state index in [2.05, 4.69) is 63.1 Å². The Morgan fingerprint density at radius 3 is 1.38 bits per heavy atom. The number of nitrogens with two attached hydrogens (primary N) is 4. The number of carboxylic acid groups (broad SMARTS) is 2. The summed E-state index contributed by atoms with van der Waals surface area (Å²) in [6, 6.07) is -3.17. The number of carbonyl (C=O) groups is 16. The van der Waals surface area contributed by atoms with Gasteiger partial charge in [-0.3, -0.25) is 71.3 Å². The lowest BCUT2D eigenvalue weighted by Gasteiger charge is -2.28. The highest BCUT2D eigenvalue weighted by molar-refractivity contribution is 7.99. The fourth-order valence-corrected chi connectivity index (χ4v) is 15.1. The summed E-state index contributed by atoms with van der Waals surface area (Å²) in [6.45, 7) is 7.62. The summed E-state index contributed by atoms with van der Waals surface area (Å²) < 4.78 is 14.2. The van der Waals surface area contributed by atoms with Crippen LogP contribution in [0.2, 0.25) is 0 Å². The molecular formula is C68H94N18O21S2. The topological polar surface area (TPSA) is 634 Å². The summed E-state index contributed by atoms with van der Waals surface area (Å²) in [7, 11) is -2.18. The maximum atomic E-state index is 14.2. The van der Waals surface area contributed by atoms with E-state index < -0.39 is 235 Å². The van der Waals surface area contributed by atoms with E-state index in [4.69, 9.17) is 22.9 Å². The molecule has 4 aliphatic heterocycles. The third kappa shape index (κ3) is 23.0. The SMILES string of the molecule is CC[C@H](C)[C@@H]1NC(=O)CNC(=O)[C@@H](N)Cc2c([nH]c3cc(C)ccc23)S(=O)C[C@@H](C(=O)N[C@@H](CC(N)=O)C(=O)N2C[C@H](O)C[C@H]2C(=O)O)NC(=O)CNC1=O.CC[C@H](C)[C@@H]1NC(=O)CNC(=O)[C@@H](N)Cc2c([nH]c3cc(C)ccc23)SC[C@@H](C(=O)N[C@@H](CC(N)=O)C(=O)N2C[C@H](O)C[C@H]2C(=O)O)NC(=O)CNC1=O. The molecule has 0 radical (unpaired) electrons. The summed E-state index contributed by atoms with van der Waals surface area (Å²) in [6.07, 6.45) is -3.70. The largest absolute Gasteiger partial charge is 0.480 e.